The van der Waals surface area contributed by atoms with Crippen LogP contribution < -0.4 is 5.32 Å². The lowest BCUT2D eigenvalue weighted by Gasteiger charge is -2.14. The molecule has 1 amide bonds. The zero-order valence-electron chi connectivity index (χ0n) is 11.7. The van der Waals surface area contributed by atoms with Crippen LogP contribution in [-0.4, -0.2) is 48.0 Å². The summed E-state index contributed by atoms with van der Waals surface area (Å²) in [7, 11) is 3.47. The number of hydrogen-bond donors (Lipinski definition) is 1. The van der Waals surface area contributed by atoms with Gasteiger partial charge in [0.2, 0.25) is 0 Å². The van der Waals surface area contributed by atoms with Crippen molar-refractivity contribution in [1.29, 1.82) is 0 Å². The van der Waals surface area contributed by atoms with Crippen molar-refractivity contribution in [2.24, 2.45) is 5.92 Å². The van der Waals surface area contributed by atoms with Crippen molar-refractivity contribution in [3.8, 4) is 0 Å². The number of nitrogens with one attached hydrogen (secondary N) is 1. The van der Waals surface area contributed by atoms with Crippen LogP contribution in [0.15, 0.2) is 12.4 Å². The average molecular weight is 262 g/mol. The molecule has 1 aliphatic rings. The van der Waals surface area contributed by atoms with E-state index in [1.54, 1.807) is 19.0 Å². The molecule has 1 aromatic rings. The average Bonchev–Trinajstić information content (AvgIpc) is 2.66. The van der Waals surface area contributed by atoms with E-state index in [-0.39, 0.29) is 5.91 Å². The molecule has 1 aromatic heterocycles. The molecular weight excluding hydrogens is 240 g/mol. The van der Waals surface area contributed by atoms with Crippen LogP contribution in [0.3, 0.4) is 0 Å². The maximum absolute atomic E-state index is 11.9. The summed E-state index contributed by atoms with van der Waals surface area (Å²) in [5.74, 6) is 0.596. The first-order valence-electron chi connectivity index (χ1n) is 6.90. The second kappa shape index (κ2) is 6.61. The van der Waals surface area contributed by atoms with E-state index in [9.17, 15) is 4.79 Å². The summed E-state index contributed by atoms with van der Waals surface area (Å²) in [4.78, 5) is 21.8. The molecule has 1 aliphatic heterocycles. The third-order valence-electron chi connectivity index (χ3n) is 3.54. The predicted molar refractivity (Wildman–Crippen MR) is 74.0 cm³/mol. The van der Waals surface area contributed by atoms with Crippen molar-refractivity contribution in [3.05, 3.63) is 23.8 Å². The third kappa shape index (κ3) is 3.99. The largest absolute Gasteiger partial charge is 0.343 e. The highest BCUT2D eigenvalue weighted by Crippen LogP contribution is 2.18. The summed E-state index contributed by atoms with van der Waals surface area (Å²) in [6.07, 6.45) is 6.08. The smallest absolute Gasteiger partial charge is 0.272 e. The molecule has 0 radical (unpaired) electrons. The Hall–Kier alpha value is -1.49. The van der Waals surface area contributed by atoms with Gasteiger partial charge in [0.05, 0.1) is 0 Å². The van der Waals surface area contributed by atoms with Gasteiger partial charge < -0.3 is 10.2 Å². The van der Waals surface area contributed by atoms with Crippen LogP contribution in [0, 0.1) is 5.92 Å². The predicted octanol–water partition coefficient (Wildman–Crippen LogP) is 1.11. The van der Waals surface area contributed by atoms with Gasteiger partial charge in [0.25, 0.3) is 5.91 Å². The van der Waals surface area contributed by atoms with Crippen molar-refractivity contribution in [3.63, 3.8) is 0 Å². The van der Waals surface area contributed by atoms with Crippen molar-refractivity contribution in [2.45, 2.75) is 25.7 Å². The number of nitrogens with zero attached hydrogens (tertiary/aromatic N) is 3. The molecule has 2 heterocycles. The molecule has 0 unspecified atom stereocenters. The van der Waals surface area contributed by atoms with Crippen LogP contribution in [-0.2, 0) is 6.42 Å². The third-order valence-corrected chi connectivity index (χ3v) is 3.54. The number of carbonyl (C=O) groups excluding carboxylic acids is 1. The Morgan fingerprint density at radius 1 is 1.37 bits per heavy atom. The van der Waals surface area contributed by atoms with Crippen LogP contribution in [0.2, 0.25) is 0 Å². The molecule has 104 valence electrons. The fourth-order valence-corrected chi connectivity index (χ4v) is 2.45. The highest BCUT2D eigenvalue weighted by molar-refractivity contribution is 5.91. The molecule has 1 N–H and O–H groups in total. The first-order chi connectivity index (χ1) is 9.16. The Morgan fingerprint density at radius 2 is 2.21 bits per heavy atom. The van der Waals surface area contributed by atoms with Crippen LogP contribution in [0.5, 0.6) is 0 Å². The van der Waals surface area contributed by atoms with Crippen molar-refractivity contribution in [2.75, 3.05) is 27.2 Å². The van der Waals surface area contributed by atoms with Gasteiger partial charge in [-0.3, -0.25) is 4.79 Å². The Balaban J connectivity index is 2.04. The van der Waals surface area contributed by atoms with Crippen LogP contribution >= 0.6 is 0 Å². The molecule has 1 fully saturated rings. The Bertz CT molecular complexity index is 425. The second-order valence-corrected chi connectivity index (χ2v) is 5.35. The van der Waals surface area contributed by atoms with Gasteiger partial charge in [-0.2, -0.15) is 0 Å². The van der Waals surface area contributed by atoms with E-state index in [0.717, 1.165) is 25.2 Å². The number of amides is 1. The van der Waals surface area contributed by atoms with E-state index < -0.39 is 0 Å². The topological polar surface area (TPSA) is 58.1 Å². The normalized spacial score (nSPS) is 19.8. The molecule has 0 aliphatic carbocycles. The van der Waals surface area contributed by atoms with Gasteiger partial charge in [0.1, 0.15) is 12.0 Å². The quantitative estimate of drug-likeness (QED) is 0.886. The molecule has 0 saturated carbocycles. The van der Waals surface area contributed by atoms with Crippen molar-refractivity contribution < 1.29 is 4.79 Å². The molecule has 5 nitrogen and oxygen atoms in total. The van der Waals surface area contributed by atoms with Gasteiger partial charge in [0.15, 0.2) is 0 Å². The molecule has 1 atom stereocenters. The van der Waals surface area contributed by atoms with Crippen LogP contribution in [0.25, 0.3) is 0 Å². The van der Waals surface area contributed by atoms with E-state index in [0.29, 0.717) is 11.6 Å². The van der Waals surface area contributed by atoms with Gasteiger partial charge in [0, 0.05) is 19.8 Å². The molecular formula is C14H22N4O. The molecule has 1 saturated heterocycles. The first-order valence-corrected chi connectivity index (χ1v) is 6.90. The maximum atomic E-state index is 11.9. The van der Waals surface area contributed by atoms with E-state index >= 15 is 0 Å². The highest BCUT2D eigenvalue weighted by atomic mass is 16.2. The van der Waals surface area contributed by atoms with E-state index in [2.05, 4.69) is 15.3 Å². The Labute approximate surface area is 114 Å². The van der Waals surface area contributed by atoms with Gasteiger partial charge in [-0.1, -0.05) is 0 Å². The molecule has 5 heteroatoms. The van der Waals surface area contributed by atoms with Gasteiger partial charge in [-0.25, -0.2) is 9.97 Å². The summed E-state index contributed by atoms with van der Waals surface area (Å²) >= 11 is 0. The van der Waals surface area contributed by atoms with Crippen LogP contribution in [0.4, 0.5) is 0 Å². The van der Waals surface area contributed by atoms with Crippen LogP contribution in [0.1, 0.15) is 35.4 Å². The molecule has 19 heavy (non-hydrogen) atoms. The second-order valence-electron chi connectivity index (χ2n) is 5.35. The maximum Gasteiger partial charge on any atom is 0.272 e. The summed E-state index contributed by atoms with van der Waals surface area (Å²) in [6, 6.07) is 1.83. The fourth-order valence-electron chi connectivity index (χ4n) is 2.45. The number of rotatable bonds is 3. The van der Waals surface area contributed by atoms with Gasteiger partial charge in [-0.05, 0) is 50.8 Å². The minimum Gasteiger partial charge on any atom is -0.343 e. The molecule has 0 spiro atoms. The lowest BCUT2D eigenvalue weighted by molar-refractivity contribution is 0.0821. The monoisotopic (exact) mass is 262 g/mol. The lowest BCUT2D eigenvalue weighted by atomic mass is 9.95. The minimum absolute atomic E-state index is 0.0637. The van der Waals surface area contributed by atoms with Gasteiger partial charge >= 0.3 is 0 Å². The number of carbonyl (C=O) groups is 1. The van der Waals surface area contributed by atoms with Gasteiger partial charge in [-0.15, -0.1) is 0 Å². The molecule has 0 bridgehead atoms. The zero-order chi connectivity index (χ0) is 13.7. The highest BCUT2D eigenvalue weighted by Gasteiger charge is 2.15. The minimum atomic E-state index is -0.0637. The van der Waals surface area contributed by atoms with Crippen molar-refractivity contribution >= 4 is 5.91 Å². The van der Waals surface area contributed by atoms with E-state index in [1.165, 1.54) is 25.6 Å². The summed E-state index contributed by atoms with van der Waals surface area (Å²) < 4.78 is 0. The summed E-state index contributed by atoms with van der Waals surface area (Å²) in [5.41, 5.74) is 1.47. The summed E-state index contributed by atoms with van der Waals surface area (Å²) in [6.45, 7) is 2.20. The molecule has 2 rings (SSSR count). The first kappa shape index (κ1) is 13.9. The fraction of sp³-hybridized carbons (Fsp3) is 0.643. The van der Waals surface area contributed by atoms with E-state index in [4.69, 9.17) is 0 Å². The van der Waals surface area contributed by atoms with Crippen molar-refractivity contribution in [1.82, 2.24) is 20.2 Å². The number of aromatic nitrogens is 2. The zero-order valence-corrected chi connectivity index (χ0v) is 11.7. The summed E-state index contributed by atoms with van der Waals surface area (Å²) in [5, 5.41) is 3.41. The Kier molecular flexibility index (Phi) is 4.85. The lowest BCUT2D eigenvalue weighted by Crippen LogP contribution is -2.23. The SMILES string of the molecule is CN(C)C(=O)c1cc(C[C@@H]2CCCNCC2)ncn1. The van der Waals surface area contributed by atoms with E-state index in [1.807, 2.05) is 6.07 Å². The standard InChI is InChI=1S/C14H22N4O/c1-18(2)14(19)13-9-12(16-10-17-13)8-11-4-3-6-15-7-5-11/h9-11,15H,3-8H2,1-2H3/t11-/m1/s1. The Morgan fingerprint density at radius 3 is 3.00 bits per heavy atom. The molecule has 0 aromatic carbocycles. The number of hydrogen-bond acceptors (Lipinski definition) is 4.